The average molecular weight is 489 g/mol. The highest BCUT2D eigenvalue weighted by atomic mass is 19.4. The molecule has 1 aliphatic rings. The second-order valence-electron chi connectivity index (χ2n) is 8.46. The fraction of sp³-hybridized carbons (Fsp3) is 0.458. The summed E-state index contributed by atoms with van der Waals surface area (Å²) < 4.78 is 88.7. The van der Waals surface area contributed by atoms with Crippen LogP contribution in [0.5, 0.6) is 5.75 Å². The van der Waals surface area contributed by atoms with Crippen molar-refractivity contribution in [1.29, 1.82) is 0 Å². The van der Waals surface area contributed by atoms with Crippen LogP contribution in [0.4, 0.5) is 26.3 Å². The second kappa shape index (κ2) is 10.2. The lowest BCUT2D eigenvalue weighted by molar-refractivity contribution is -0.142. The Morgan fingerprint density at radius 3 is 2.15 bits per heavy atom. The van der Waals surface area contributed by atoms with Crippen molar-refractivity contribution in [3.05, 3.63) is 64.7 Å². The van der Waals surface area contributed by atoms with Gasteiger partial charge in [-0.25, -0.2) is 0 Å². The monoisotopic (exact) mass is 489 g/mol. The molecule has 186 valence electrons. The smallest absolute Gasteiger partial charge is 0.416 e. The zero-order valence-corrected chi connectivity index (χ0v) is 18.7. The molecule has 2 atom stereocenters. The van der Waals surface area contributed by atoms with Gasteiger partial charge in [0.25, 0.3) is 0 Å². The molecule has 0 spiro atoms. The third-order valence-electron chi connectivity index (χ3n) is 5.95. The number of piperidine rings is 1. The Morgan fingerprint density at radius 1 is 0.941 bits per heavy atom. The number of methoxy groups -OCH3 is 2. The van der Waals surface area contributed by atoms with Gasteiger partial charge in [-0.15, -0.1) is 0 Å². The number of hydrogen-bond donors (Lipinski definition) is 0. The number of likely N-dealkylation sites (tertiary alicyclic amines) is 1. The number of carbonyl (C=O) groups is 1. The summed E-state index contributed by atoms with van der Waals surface area (Å²) in [5.74, 6) is -0.883. The van der Waals surface area contributed by atoms with Crippen LogP contribution in [0, 0.1) is 5.92 Å². The average Bonchev–Trinajstić information content (AvgIpc) is 2.77. The molecule has 1 heterocycles. The standard InChI is InChI=1S/C24H25F6NO3/c1-33-21-10-17(9-20(11-21)24(28,29)30)18-7-16(8-22(32)34-2)13-31(14-18)12-15-3-5-19(6-4-15)23(25,26)27/h3-6,9-11,16,18H,7-8,12-14H2,1-2H3/t16-,18+/m1/s1. The van der Waals surface area contributed by atoms with Crippen LogP contribution in [-0.4, -0.2) is 38.2 Å². The molecule has 0 saturated carbocycles. The lowest BCUT2D eigenvalue weighted by Crippen LogP contribution is -2.40. The minimum Gasteiger partial charge on any atom is -0.497 e. The SMILES string of the molecule is COC(=O)C[C@H]1C[C@H](c2cc(OC)cc(C(F)(F)F)c2)CN(Cc2ccc(C(F)(F)F)cc2)C1. The Labute approximate surface area is 193 Å². The van der Waals surface area contributed by atoms with E-state index < -0.39 is 29.4 Å². The van der Waals surface area contributed by atoms with Crippen molar-refractivity contribution < 1.29 is 40.6 Å². The summed E-state index contributed by atoms with van der Waals surface area (Å²) in [4.78, 5) is 13.8. The highest BCUT2D eigenvalue weighted by Crippen LogP contribution is 2.39. The van der Waals surface area contributed by atoms with Crippen LogP contribution in [0.2, 0.25) is 0 Å². The normalized spacial score (nSPS) is 19.6. The Kier molecular flexibility index (Phi) is 7.80. The zero-order valence-electron chi connectivity index (χ0n) is 18.7. The van der Waals surface area contributed by atoms with Gasteiger partial charge in [0.15, 0.2) is 0 Å². The number of hydrogen-bond acceptors (Lipinski definition) is 4. The number of alkyl halides is 6. The molecule has 0 amide bonds. The molecule has 2 aromatic rings. The van der Waals surface area contributed by atoms with Crippen LogP contribution >= 0.6 is 0 Å². The lowest BCUT2D eigenvalue weighted by atomic mass is 9.82. The summed E-state index contributed by atoms with van der Waals surface area (Å²) in [6.45, 7) is 1.13. The fourth-order valence-electron chi connectivity index (χ4n) is 4.34. The van der Waals surface area contributed by atoms with Crippen LogP contribution in [0.15, 0.2) is 42.5 Å². The lowest BCUT2D eigenvalue weighted by Gasteiger charge is -2.38. The van der Waals surface area contributed by atoms with Gasteiger partial charge in [0, 0.05) is 26.1 Å². The maximum atomic E-state index is 13.4. The number of benzene rings is 2. The molecular formula is C24H25F6NO3. The highest BCUT2D eigenvalue weighted by molar-refractivity contribution is 5.69. The van der Waals surface area contributed by atoms with Gasteiger partial charge in [0.1, 0.15) is 5.75 Å². The topological polar surface area (TPSA) is 38.8 Å². The first-order valence-electron chi connectivity index (χ1n) is 10.6. The van der Waals surface area contributed by atoms with Crippen LogP contribution in [0.1, 0.15) is 41.0 Å². The Balaban J connectivity index is 1.87. The predicted molar refractivity (Wildman–Crippen MR) is 112 cm³/mol. The van der Waals surface area contributed by atoms with Gasteiger partial charge in [-0.1, -0.05) is 12.1 Å². The van der Waals surface area contributed by atoms with Gasteiger partial charge in [-0.2, -0.15) is 26.3 Å². The molecule has 0 aliphatic carbocycles. The van der Waals surface area contributed by atoms with Gasteiger partial charge in [-0.05, 0) is 59.7 Å². The Hall–Kier alpha value is -2.75. The van der Waals surface area contributed by atoms with E-state index in [9.17, 15) is 31.1 Å². The number of carbonyl (C=O) groups excluding carboxylic acids is 1. The van der Waals surface area contributed by atoms with Crippen molar-refractivity contribution in [3.8, 4) is 5.75 Å². The first-order chi connectivity index (χ1) is 15.9. The van der Waals surface area contributed by atoms with Crippen LogP contribution in [0.3, 0.4) is 0 Å². The number of esters is 1. The van der Waals surface area contributed by atoms with Crippen molar-refractivity contribution >= 4 is 5.97 Å². The minimum atomic E-state index is -4.55. The van der Waals surface area contributed by atoms with Gasteiger partial charge >= 0.3 is 18.3 Å². The van der Waals surface area contributed by atoms with E-state index in [1.54, 1.807) is 6.07 Å². The van der Waals surface area contributed by atoms with Crippen molar-refractivity contribution in [1.82, 2.24) is 4.90 Å². The molecule has 1 saturated heterocycles. The van der Waals surface area contributed by atoms with Crippen molar-refractivity contribution in [2.24, 2.45) is 5.92 Å². The first kappa shape index (κ1) is 25.9. The molecule has 34 heavy (non-hydrogen) atoms. The van der Waals surface area contributed by atoms with E-state index >= 15 is 0 Å². The van der Waals surface area contributed by atoms with E-state index in [1.807, 2.05) is 4.90 Å². The maximum Gasteiger partial charge on any atom is 0.416 e. The zero-order chi connectivity index (χ0) is 25.1. The molecule has 0 unspecified atom stereocenters. The molecule has 0 bridgehead atoms. The largest absolute Gasteiger partial charge is 0.497 e. The summed E-state index contributed by atoms with van der Waals surface area (Å²) in [5.41, 5.74) is -0.524. The quantitative estimate of drug-likeness (QED) is 0.374. The van der Waals surface area contributed by atoms with Crippen molar-refractivity contribution in [3.63, 3.8) is 0 Å². The molecule has 2 aromatic carbocycles. The van der Waals surface area contributed by atoms with E-state index in [-0.39, 0.29) is 24.0 Å². The van der Waals surface area contributed by atoms with Crippen molar-refractivity contribution in [2.45, 2.75) is 37.7 Å². The summed E-state index contributed by atoms with van der Waals surface area (Å²) in [7, 11) is 2.55. The fourth-order valence-corrected chi connectivity index (χ4v) is 4.34. The van der Waals surface area contributed by atoms with E-state index in [2.05, 4.69) is 0 Å². The molecule has 1 fully saturated rings. The molecule has 0 radical (unpaired) electrons. The van der Waals surface area contributed by atoms with Crippen LogP contribution < -0.4 is 4.74 Å². The van der Waals surface area contributed by atoms with E-state index in [0.29, 0.717) is 37.2 Å². The predicted octanol–water partition coefficient (Wildman–Crippen LogP) is 5.90. The van der Waals surface area contributed by atoms with Gasteiger partial charge in [0.05, 0.1) is 25.3 Å². The third-order valence-corrected chi connectivity index (χ3v) is 5.95. The first-order valence-corrected chi connectivity index (χ1v) is 10.6. The summed E-state index contributed by atoms with van der Waals surface area (Å²) in [6.07, 6.45) is -8.44. The maximum absolute atomic E-state index is 13.4. The number of rotatable bonds is 6. The highest BCUT2D eigenvalue weighted by Gasteiger charge is 2.35. The number of ether oxygens (including phenoxy) is 2. The van der Waals surface area contributed by atoms with E-state index in [0.717, 1.165) is 24.3 Å². The Morgan fingerprint density at radius 2 is 1.59 bits per heavy atom. The van der Waals surface area contributed by atoms with E-state index in [4.69, 9.17) is 9.47 Å². The third kappa shape index (κ3) is 6.65. The Bertz CT molecular complexity index is 988. The molecular weight excluding hydrogens is 464 g/mol. The molecule has 4 nitrogen and oxygen atoms in total. The number of nitrogens with zero attached hydrogens (tertiary/aromatic N) is 1. The van der Waals surface area contributed by atoms with Gasteiger partial charge in [-0.3, -0.25) is 9.69 Å². The molecule has 1 aliphatic heterocycles. The second-order valence-corrected chi connectivity index (χ2v) is 8.46. The van der Waals surface area contributed by atoms with Gasteiger partial charge < -0.3 is 9.47 Å². The van der Waals surface area contributed by atoms with E-state index in [1.165, 1.54) is 26.4 Å². The summed E-state index contributed by atoms with van der Waals surface area (Å²) >= 11 is 0. The van der Waals surface area contributed by atoms with Crippen LogP contribution in [-0.2, 0) is 28.4 Å². The summed E-state index contributed by atoms with van der Waals surface area (Å²) in [6, 6.07) is 8.34. The summed E-state index contributed by atoms with van der Waals surface area (Å²) in [5, 5.41) is 0. The molecule has 10 heteroatoms. The van der Waals surface area contributed by atoms with Crippen molar-refractivity contribution in [2.75, 3.05) is 27.3 Å². The van der Waals surface area contributed by atoms with Gasteiger partial charge in [0.2, 0.25) is 0 Å². The number of halogens is 6. The van der Waals surface area contributed by atoms with Crippen LogP contribution in [0.25, 0.3) is 0 Å². The minimum absolute atomic E-state index is 0.0780. The molecule has 0 N–H and O–H groups in total. The molecule has 0 aromatic heterocycles. The molecule has 3 rings (SSSR count).